The van der Waals surface area contributed by atoms with E-state index in [1.54, 1.807) is 4.90 Å². The molecule has 0 spiro atoms. The first kappa shape index (κ1) is 15.0. The van der Waals surface area contributed by atoms with Gasteiger partial charge in [-0.2, -0.15) is 0 Å². The van der Waals surface area contributed by atoms with Gasteiger partial charge in [-0.15, -0.1) is 0 Å². The van der Waals surface area contributed by atoms with E-state index in [-0.39, 0.29) is 5.91 Å². The van der Waals surface area contributed by atoms with Crippen LogP contribution < -0.4 is 0 Å². The number of aryl methyl sites for hydroxylation is 1. The Balaban J connectivity index is 2.70. The monoisotopic (exact) mass is 261 g/mol. The van der Waals surface area contributed by atoms with E-state index in [9.17, 15) is 9.59 Å². The minimum absolute atomic E-state index is 0.288. The van der Waals surface area contributed by atoms with Gasteiger partial charge in [0.2, 0.25) is 5.91 Å². The van der Waals surface area contributed by atoms with Crippen molar-refractivity contribution in [2.24, 2.45) is 0 Å². The highest BCUT2D eigenvalue weighted by Gasteiger charge is 2.09. The molecule has 0 aromatic heterocycles. The van der Waals surface area contributed by atoms with Crippen molar-refractivity contribution in [3.63, 3.8) is 0 Å². The van der Waals surface area contributed by atoms with Crippen LogP contribution in [0, 0.1) is 0 Å². The predicted molar refractivity (Wildman–Crippen MR) is 73.7 cm³/mol. The van der Waals surface area contributed by atoms with Gasteiger partial charge >= 0.3 is 5.97 Å². The maximum Gasteiger partial charge on any atom is 0.328 e. The molecule has 0 unspecified atom stereocenters. The van der Waals surface area contributed by atoms with Crippen molar-refractivity contribution in [1.29, 1.82) is 0 Å². The third-order valence-corrected chi connectivity index (χ3v) is 2.87. The van der Waals surface area contributed by atoms with Crippen LogP contribution in [0.3, 0.4) is 0 Å². The predicted octanol–water partition coefficient (Wildman–Crippen LogP) is 2.24. The fourth-order valence-corrected chi connectivity index (χ4v) is 1.69. The first-order valence-electron chi connectivity index (χ1n) is 6.34. The largest absolute Gasteiger partial charge is 0.478 e. The van der Waals surface area contributed by atoms with Gasteiger partial charge in [0, 0.05) is 25.2 Å². The molecule has 4 heteroatoms. The van der Waals surface area contributed by atoms with Gasteiger partial charge in [-0.25, -0.2) is 4.79 Å². The smallest absolute Gasteiger partial charge is 0.328 e. The Morgan fingerprint density at radius 1 is 1.11 bits per heavy atom. The second-order valence-electron chi connectivity index (χ2n) is 4.19. The zero-order valence-electron chi connectivity index (χ0n) is 11.3. The summed E-state index contributed by atoms with van der Waals surface area (Å²) in [5.41, 5.74) is 2.29. The SMILES string of the molecule is CCc1ccc(CN(CC)C(=O)/C=C/C(=O)O)cc1. The molecular weight excluding hydrogens is 242 g/mol. The minimum atomic E-state index is -1.11. The molecule has 1 aromatic rings. The van der Waals surface area contributed by atoms with E-state index < -0.39 is 5.97 Å². The summed E-state index contributed by atoms with van der Waals surface area (Å²) >= 11 is 0. The van der Waals surface area contributed by atoms with E-state index in [1.807, 2.05) is 31.2 Å². The van der Waals surface area contributed by atoms with Crippen LogP contribution in [0.5, 0.6) is 0 Å². The Labute approximate surface area is 113 Å². The van der Waals surface area contributed by atoms with E-state index in [4.69, 9.17) is 5.11 Å². The maximum atomic E-state index is 11.8. The van der Waals surface area contributed by atoms with Gasteiger partial charge in [0.25, 0.3) is 0 Å². The van der Waals surface area contributed by atoms with E-state index >= 15 is 0 Å². The van der Waals surface area contributed by atoms with Gasteiger partial charge in [0.15, 0.2) is 0 Å². The molecule has 0 aliphatic heterocycles. The van der Waals surface area contributed by atoms with Crippen molar-refractivity contribution in [3.8, 4) is 0 Å². The summed E-state index contributed by atoms with van der Waals surface area (Å²) in [5.74, 6) is -1.40. The molecule has 1 N–H and O–H groups in total. The fraction of sp³-hybridized carbons (Fsp3) is 0.333. The number of rotatable bonds is 6. The maximum absolute atomic E-state index is 11.8. The zero-order chi connectivity index (χ0) is 14.3. The van der Waals surface area contributed by atoms with Crippen LogP contribution in [-0.2, 0) is 22.6 Å². The van der Waals surface area contributed by atoms with E-state index in [0.29, 0.717) is 13.1 Å². The van der Waals surface area contributed by atoms with E-state index in [0.717, 1.165) is 24.1 Å². The van der Waals surface area contributed by atoms with Crippen LogP contribution in [0.25, 0.3) is 0 Å². The molecule has 1 amide bonds. The lowest BCUT2D eigenvalue weighted by Crippen LogP contribution is -2.28. The normalized spacial score (nSPS) is 10.6. The number of carboxylic acids is 1. The summed E-state index contributed by atoms with van der Waals surface area (Å²) in [7, 11) is 0. The molecule has 0 saturated heterocycles. The topological polar surface area (TPSA) is 57.6 Å². The number of amides is 1. The second-order valence-corrected chi connectivity index (χ2v) is 4.19. The lowest BCUT2D eigenvalue weighted by Gasteiger charge is -2.19. The van der Waals surface area contributed by atoms with Gasteiger partial charge in [-0.3, -0.25) is 4.79 Å². The van der Waals surface area contributed by atoms with Gasteiger partial charge in [0.05, 0.1) is 0 Å². The van der Waals surface area contributed by atoms with Crippen LogP contribution in [-0.4, -0.2) is 28.4 Å². The highest BCUT2D eigenvalue weighted by Crippen LogP contribution is 2.08. The Morgan fingerprint density at radius 2 is 1.68 bits per heavy atom. The summed E-state index contributed by atoms with van der Waals surface area (Å²) < 4.78 is 0. The number of benzene rings is 1. The lowest BCUT2D eigenvalue weighted by atomic mass is 10.1. The number of aliphatic carboxylic acids is 1. The molecule has 0 atom stereocenters. The van der Waals surface area contributed by atoms with E-state index in [1.165, 1.54) is 5.56 Å². The van der Waals surface area contributed by atoms with Crippen LogP contribution in [0.2, 0.25) is 0 Å². The average Bonchev–Trinajstić information content (AvgIpc) is 2.42. The van der Waals surface area contributed by atoms with Crippen LogP contribution >= 0.6 is 0 Å². The van der Waals surface area contributed by atoms with Gasteiger partial charge in [-0.05, 0) is 24.5 Å². The Morgan fingerprint density at radius 3 is 2.16 bits per heavy atom. The second kappa shape index (κ2) is 7.36. The van der Waals surface area contributed by atoms with Gasteiger partial charge < -0.3 is 10.0 Å². The van der Waals surface area contributed by atoms with Gasteiger partial charge in [-0.1, -0.05) is 31.2 Å². The van der Waals surface area contributed by atoms with Crippen molar-refractivity contribution < 1.29 is 14.7 Å². The molecule has 0 aliphatic carbocycles. The Hall–Kier alpha value is -2.10. The molecule has 0 aliphatic rings. The number of likely N-dealkylation sites (N-methyl/N-ethyl adjacent to an activating group) is 1. The summed E-state index contributed by atoms with van der Waals surface area (Å²) in [6.45, 7) is 4.99. The molecule has 1 rings (SSSR count). The molecular formula is C15H19NO3. The van der Waals surface area contributed by atoms with Crippen molar-refractivity contribution in [2.45, 2.75) is 26.8 Å². The number of carboxylic acid groups (broad SMARTS) is 1. The van der Waals surface area contributed by atoms with Crippen LogP contribution in [0.1, 0.15) is 25.0 Å². The molecule has 0 saturated carbocycles. The van der Waals surface area contributed by atoms with E-state index in [2.05, 4.69) is 6.92 Å². The van der Waals surface area contributed by atoms with Crippen molar-refractivity contribution in [1.82, 2.24) is 4.90 Å². The quantitative estimate of drug-likeness (QED) is 0.799. The number of carbonyl (C=O) groups excluding carboxylic acids is 1. The summed E-state index contributed by atoms with van der Waals surface area (Å²) in [6, 6.07) is 8.08. The Bertz CT molecular complexity index is 463. The third kappa shape index (κ3) is 4.95. The molecule has 0 bridgehead atoms. The summed E-state index contributed by atoms with van der Waals surface area (Å²) in [6.07, 6.45) is 2.94. The zero-order valence-corrected chi connectivity index (χ0v) is 11.3. The highest BCUT2D eigenvalue weighted by molar-refractivity contribution is 5.93. The summed E-state index contributed by atoms with van der Waals surface area (Å²) in [4.78, 5) is 23.8. The molecule has 19 heavy (non-hydrogen) atoms. The number of hydrogen-bond donors (Lipinski definition) is 1. The number of hydrogen-bond acceptors (Lipinski definition) is 2. The van der Waals surface area contributed by atoms with Crippen molar-refractivity contribution >= 4 is 11.9 Å². The number of nitrogens with zero attached hydrogens (tertiary/aromatic N) is 1. The molecule has 1 aromatic carbocycles. The molecule has 102 valence electrons. The molecule has 0 radical (unpaired) electrons. The van der Waals surface area contributed by atoms with Crippen molar-refractivity contribution in [3.05, 3.63) is 47.5 Å². The minimum Gasteiger partial charge on any atom is -0.478 e. The third-order valence-electron chi connectivity index (χ3n) is 2.87. The molecule has 4 nitrogen and oxygen atoms in total. The highest BCUT2D eigenvalue weighted by atomic mass is 16.4. The first-order valence-corrected chi connectivity index (χ1v) is 6.34. The van der Waals surface area contributed by atoms with Crippen LogP contribution in [0.4, 0.5) is 0 Å². The molecule has 0 heterocycles. The Kier molecular flexibility index (Phi) is 5.79. The average molecular weight is 261 g/mol. The lowest BCUT2D eigenvalue weighted by molar-refractivity contribution is -0.132. The van der Waals surface area contributed by atoms with Gasteiger partial charge in [0.1, 0.15) is 0 Å². The number of carbonyl (C=O) groups is 2. The van der Waals surface area contributed by atoms with Crippen molar-refractivity contribution in [2.75, 3.05) is 6.54 Å². The summed E-state index contributed by atoms with van der Waals surface area (Å²) in [5, 5.41) is 8.51. The van der Waals surface area contributed by atoms with Crippen LogP contribution in [0.15, 0.2) is 36.4 Å². The fourth-order valence-electron chi connectivity index (χ4n) is 1.69. The molecule has 0 fully saturated rings. The first-order chi connectivity index (χ1) is 9.06. The standard InChI is InChI=1S/C15H19NO3/c1-3-12-5-7-13(8-6-12)11-16(4-2)14(17)9-10-15(18)19/h5-10H,3-4,11H2,1-2H3,(H,18,19)/b10-9+.